The Hall–Kier alpha value is -1.10. The van der Waals surface area contributed by atoms with Crippen molar-refractivity contribution in [1.82, 2.24) is 10.3 Å². The molecule has 0 aliphatic heterocycles. The van der Waals surface area contributed by atoms with Crippen molar-refractivity contribution in [2.45, 2.75) is 13.0 Å². The van der Waals surface area contributed by atoms with Gasteiger partial charge in [0.1, 0.15) is 5.15 Å². The van der Waals surface area contributed by atoms with Crippen LogP contribution in [0.25, 0.3) is 0 Å². The van der Waals surface area contributed by atoms with Crippen molar-refractivity contribution in [3.8, 4) is 0 Å². The topological polar surface area (TPSA) is 42.0 Å². The lowest BCUT2D eigenvalue weighted by atomic mass is 10.1. The van der Waals surface area contributed by atoms with Crippen molar-refractivity contribution in [2.75, 3.05) is 0 Å². The van der Waals surface area contributed by atoms with Gasteiger partial charge >= 0.3 is 0 Å². The molecular formula is C14H11BrCl2N2O. The average molecular weight is 374 g/mol. The minimum atomic E-state index is -0.244. The first kappa shape index (κ1) is 15.3. The number of carbonyl (C=O) groups excluding carboxylic acids is 1. The molecule has 1 N–H and O–H groups in total. The van der Waals surface area contributed by atoms with Crippen LogP contribution < -0.4 is 5.32 Å². The molecule has 1 aromatic carbocycles. The number of rotatable bonds is 3. The molecule has 1 atom stereocenters. The molecule has 0 bridgehead atoms. The van der Waals surface area contributed by atoms with Gasteiger partial charge in [-0.25, -0.2) is 4.98 Å². The summed E-state index contributed by atoms with van der Waals surface area (Å²) < 4.78 is 0.994. The van der Waals surface area contributed by atoms with Crippen molar-refractivity contribution in [2.24, 2.45) is 0 Å². The summed E-state index contributed by atoms with van der Waals surface area (Å²) in [5, 5.41) is 3.33. The molecule has 3 nitrogen and oxygen atoms in total. The van der Waals surface area contributed by atoms with Crippen LogP contribution in [-0.4, -0.2) is 10.9 Å². The van der Waals surface area contributed by atoms with Crippen molar-refractivity contribution in [3.05, 3.63) is 62.3 Å². The summed E-state index contributed by atoms with van der Waals surface area (Å²) in [7, 11) is 0. The standard InChI is InChI=1S/C14H11BrCl2N2O/c1-8(9-2-4-11(15)5-3-9)19-14(20)10-6-12(16)13(17)18-7-10/h2-8H,1H3,(H,19,20)/t8-/m1/s1. The maximum absolute atomic E-state index is 12.1. The van der Waals surface area contributed by atoms with Crippen LogP contribution in [-0.2, 0) is 0 Å². The molecule has 0 unspecified atom stereocenters. The van der Waals surface area contributed by atoms with E-state index in [2.05, 4.69) is 26.2 Å². The van der Waals surface area contributed by atoms with Crippen LogP contribution >= 0.6 is 39.1 Å². The molecule has 20 heavy (non-hydrogen) atoms. The van der Waals surface area contributed by atoms with Crippen LogP contribution in [0.15, 0.2) is 41.0 Å². The van der Waals surface area contributed by atoms with Gasteiger partial charge in [-0.15, -0.1) is 0 Å². The van der Waals surface area contributed by atoms with E-state index in [0.29, 0.717) is 5.56 Å². The third-order valence-electron chi connectivity index (χ3n) is 2.78. The number of nitrogens with zero attached hydrogens (tertiary/aromatic N) is 1. The van der Waals surface area contributed by atoms with Gasteiger partial charge < -0.3 is 5.32 Å². The van der Waals surface area contributed by atoms with Gasteiger partial charge in [-0.05, 0) is 30.7 Å². The Morgan fingerprint density at radius 3 is 2.55 bits per heavy atom. The van der Waals surface area contributed by atoms with Crippen LogP contribution in [0.5, 0.6) is 0 Å². The molecule has 104 valence electrons. The van der Waals surface area contributed by atoms with Crippen molar-refractivity contribution in [1.29, 1.82) is 0 Å². The molecule has 1 heterocycles. The maximum atomic E-state index is 12.1. The zero-order valence-electron chi connectivity index (χ0n) is 10.5. The van der Waals surface area contributed by atoms with Crippen LogP contribution in [0.3, 0.4) is 0 Å². The molecule has 0 radical (unpaired) electrons. The van der Waals surface area contributed by atoms with Crippen molar-refractivity contribution in [3.63, 3.8) is 0 Å². The minimum absolute atomic E-state index is 0.120. The van der Waals surface area contributed by atoms with Crippen LogP contribution in [0, 0.1) is 0 Å². The second-order valence-corrected chi connectivity index (χ2v) is 5.92. The number of carbonyl (C=O) groups is 1. The van der Waals surface area contributed by atoms with E-state index in [1.807, 2.05) is 31.2 Å². The third-order valence-corrected chi connectivity index (χ3v) is 3.99. The summed E-state index contributed by atoms with van der Waals surface area (Å²) in [6.07, 6.45) is 1.40. The lowest BCUT2D eigenvalue weighted by molar-refractivity contribution is 0.0939. The monoisotopic (exact) mass is 372 g/mol. The van der Waals surface area contributed by atoms with E-state index in [-0.39, 0.29) is 22.1 Å². The van der Waals surface area contributed by atoms with E-state index < -0.39 is 0 Å². The summed E-state index contributed by atoms with van der Waals surface area (Å²) >= 11 is 14.9. The zero-order chi connectivity index (χ0) is 14.7. The number of amides is 1. The Morgan fingerprint density at radius 2 is 1.95 bits per heavy atom. The first-order chi connectivity index (χ1) is 9.47. The SMILES string of the molecule is C[C@@H](NC(=O)c1cnc(Cl)c(Cl)c1)c1ccc(Br)cc1. The highest BCUT2D eigenvalue weighted by Gasteiger charge is 2.13. The van der Waals surface area contributed by atoms with Gasteiger partial charge in [-0.3, -0.25) is 4.79 Å². The molecule has 0 saturated heterocycles. The molecule has 0 aliphatic rings. The second kappa shape index (κ2) is 6.57. The molecule has 1 aromatic heterocycles. The highest BCUT2D eigenvalue weighted by atomic mass is 79.9. The fourth-order valence-electron chi connectivity index (χ4n) is 1.66. The predicted molar refractivity (Wildman–Crippen MR) is 84.3 cm³/mol. The van der Waals surface area contributed by atoms with E-state index in [0.717, 1.165) is 10.0 Å². The van der Waals surface area contributed by atoms with Crippen LogP contribution in [0.2, 0.25) is 10.2 Å². The zero-order valence-corrected chi connectivity index (χ0v) is 13.6. The number of nitrogens with one attached hydrogen (secondary N) is 1. The fourth-order valence-corrected chi connectivity index (χ4v) is 2.19. The molecule has 0 saturated carbocycles. The van der Waals surface area contributed by atoms with E-state index in [9.17, 15) is 4.79 Å². The highest BCUT2D eigenvalue weighted by molar-refractivity contribution is 9.10. The number of aromatic nitrogens is 1. The van der Waals surface area contributed by atoms with E-state index in [1.54, 1.807) is 0 Å². The second-order valence-electron chi connectivity index (χ2n) is 4.24. The summed E-state index contributed by atoms with van der Waals surface area (Å²) in [5.41, 5.74) is 1.39. The van der Waals surface area contributed by atoms with Gasteiger partial charge in [0.25, 0.3) is 5.91 Å². The molecule has 2 rings (SSSR count). The van der Waals surface area contributed by atoms with E-state index in [4.69, 9.17) is 23.2 Å². The van der Waals surface area contributed by atoms with Gasteiger partial charge in [0.05, 0.1) is 16.6 Å². The lowest BCUT2D eigenvalue weighted by Gasteiger charge is -2.14. The fraction of sp³-hybridized carbons (Fsp3) is 0.143. The van der Waals surface area contributed by atoms with Gasteiger partial charge in [0.2, 0.25) is 0 Å². The van der Waals surface area contributed by atoms with Gasteiger partial charge in [-0.2, -0.15) is 0 Å². The highest BCUT2D eigenvalue weighted by Crippen LogP contribution is 2.21. The van der Waals surface area contributed by atoms with Gasteiger partial charge in [0.15, 0.2) is 0 Å². The van der Waals surface area contributed by atoms with Crippen LogP contribution in [0.1, 0.15) is 28.9 Å². The Morgan fingerprint density at radius 1 is 1.30 bits per heavy atom. The molecule has 0 fully saturated rings. The first-order valence-corrected chi connectivity index (χ1v) is 7.39. The van der Waals surface area contributed by atoms with E-state index >= 15 is 0 Å². The molecule has 0 aliphatic carbocycles. The number of hydrogen-bond donors (Lipinski definition) is 1. The number of hydrogen-bond acceptors (Lipinski definition) is 2. The third kappa shape index (κ3) is 3.72. The molecule has 2 aromatic rings. The Kier molecular flexibility index (Phi) is 5.02. The average Bonchev–Trinajstić information content (AvgIpc) is 2.42. The van der Waals surface area contributed by atoms with Gasteiger partial charge in [0, 0.05) is 10.7 Å². The Labute approximate surface area is 135 Å². The normalized spacial score (nSPS) is 12.0. The summed E-state index contributed by atoms with van der Waals surface area (Å²) in [6, 6.07) is 9.13. The Bertz CT molecular complexity index is 632. The molecular weight excluding hydrogens is 363 g/mol. The predicted octanol–water partition coefficient (Wildman–Crippen LogP) is 4.64. The molecule has 0 spiro atoms. The number of pyridine rings is 1. The molecule has 1 amide bonds. The quantitative estimate of drug-likeness (QED) is 0.796. The summed E-state index contributed by atoms with van der Waals surface area (Å²) in [5.74, 6) is -0.244. The Balaban J connectivity index is 2.10. The maximum Gasteiger partial charge on any atom is 0.253 e. The largest absolute Gasteiger partial charge is 0.345 e. The smallest absolute Gasteiger partial charge is 0.253 e. The summed E-state index contributed by atoms with van der Waals surface area (Å²) in [6.45, 7) is 1.91. The van der Waals surface area contributed by atoms with Crippen LogP contribution in [0.4, 0.5) is 0 Å². The lowest BCUT2D eigenvalue weighted by Crippen LogP contribution is -2.26. The molecule has 6 heteroatoms. The van der Waals surface area contributed by atoms with Gasteiger partial charge in [-0.1, -0.05) is 51.3 Å². The first-order valence-electron chi connectivity index (χ1n) is 5.84. The van der Waals surface area contributed by atoms with Crippen molar-refractivity contribution < 1.29 is 4.79 Å². The number of halogens is 3. The van der Waals surface area contributed by atoms with Crippen molar-refractivity contribution >= 4 is 45.0 Å². The minimum Gasteiger partial charge on any atom is -0.345 e. The van der Waals surface area contributed by atoms with E-state index in [1.165, 1.54) is 12.3 Å². The summed E-state index contributed by atoms with van der Waals surface area (Å²) in [4.78, 5) is 16.0. The number of benzene rings is 1.